The molecule has 0 atom stereocenters. The zero-order chi connectivity index (χ0) is 16.9. The summed E-state index contributed by atoms with van der Waals surface area (Å²) in [6.45, 7) is 0. The van der Waals surface area contributed by atoms with E-state index in [4.69, 9.17) is 23.2 Å². The van der Waals surface area contributed by atoms with E-state index in [1.54, 1.807) is 18.3 Å². The Hall–Kier alpha value is -1.95. The van der Waals surface area contributed by atoms with E-state index in [1.807, 2.05) is 29.6 Å². The molecule has 2 heterocycles. The zero-order valence-electron chi connectivity index (χ0n) is 12.5. The summed E-state index contributed by atoms with van der Waals surface area (Å²) in [5, 5.41) is 6.38. The molecule has 4 nitrogen and oxygen atoms in total. The van der Waals surface area contributed by atoms with Gasteiger partial charge in [0.25, 0.3) is 0 Å². The third kappa shape index (κ3) is 4.32. The average molecular weight is 378 g/mol. The Labute approximate surface area is 153 Å². The van der Waals surface area contributed by atoms with Gasteiger partial charge in [0.1, 0.15) is 5.69 Å². The second-order valence-corrected chi connectivity index (χ2v) is 6.74. The monoisotopic (exact) mass is 377 g/mol. The number of aryl methyl sites for hydroxylation is 1. The second-order valence-electron chi connectivity index (χ2n) is 5.04. The predicted molar refractivity (Wildman–Crippen MR) is 98.8 cm³/mol. The fourth-order valence-corrected chi connectivity index (χ4v) is 3.34. The molecular formula is C17H13Cl2N3OS. The Bertz CT molecular complexity index is 852. The van der Waals surface area contributed by atoms with Gasteiger partial charge in [0.15, 0.2) is 5.13 Å². The standard InChI is InChI=1S/C17H13Cl2N3OS/c18-12-6-4-11(13(19)9-12)5-7-16(23)22-17-21-15(10-24-17)14-3-1-2-8-20-14/h1-4,6,8-10H,5,7H2,(H,21,22,23). The van der Waals surface area contributed by atoms with E-state index < -0.39 is 0 Å². The lowest BCUT2D eigenvalue weighted by Crippen LogP contribution is -2.12. The Morgan fingerprint density at radius 3 is 2.79 bits per heavy atom. The number of halogens is 2. The first-order valence-electron chi connectivity index (χ1n) is 7.22. The molecular weight excluding hydrogens is 365 g/mol. The number of nitrogens with zero attached hydrogens (tertiary/aromatic N) is 2. The summed E-state index contributed by atoms with van der Waals surface area (Å²) < 4.78 is 0. The van der Waals surface area contributed by atoms with Crippen LogP contribution in [0, 0.1) is 0 Å². The number of carbonyl (C=O) groups is 1. The topological polar surface area (TPSA) is 54.9 Å². The van der Waals surface area contributed by atoms with Gasteiger partial charge in [-0.05, 0) is 36.2 Å². The van der Waals surface area contributed by atoms with E-state index in [-0.39, 0.29) is 5.91 Å². The van der Waals surface area contributed by atoms with Gasteiger partial charge >= 0.3 is 0 Å². The third-order valence-corrected chi connectivity index (χ3v) is 4.66. The third-order valence-electron chi connectivity index (χ3n) is 3.31. The van der Waals surface area contributed by atoms with E-state index in [2.05, 4.69) is 15.3 Å². The first-order valence-corrected chi connectivity index (χ1v) is 8.86. The molecule has 3 rings (SSSR count). The number of amides is 1. The second kappa shape index (κ2) is 7.75. The molecule has 3 aromatic rings. The van der Waals surface area contributed by atoms with Crippen molar-refractivity contribution in [2.45, 2.75) is 12.8 Å². The highest BCUT2D eigenvalue weighted by atomic mass is 35.5. The fraction of sp³-hybridized carbons (Fsp3) is 0.118. The van der Waals surface area contributed by atoms with Crippen molar-refractivity contribution in [2.24, 2.45) is 0 Å². The van der Waals surface area contributed by atoms with Crippen LogP contribution in [0.15, 0.2) is 48.0 Å². The quantitative estimate of drug-likeness (QED) is 0.673. The number of pyridine rings is 1. The van der Waals surface area contributed by atoms with Gasteiger partial charge in [0.05, 0.1) is 5.69 Å². The van der Waals surface area contributed by atoms with Crippen LogP contribution < -0.4 is 5.32 Å². The van der Waals surface area contributed by atoms with E-state index >= 15 is 0 Å². The minimum absolute atomic E-state index is 0.108. The average Bonchev–Trinajstić information content (AvgIpc) is 3.03. The maximum Gasteiger partial charge on any atom is 0.226 e. The molecule has 1 aromatic carbocycles. The molecule has 0 aliphatic rings. The molecule has 1 amide bonds. The molecule has 0 radical (unpaired) electrons. The summed E-state index contributed by atoms with van der Waals surface area (Å²) in [6, 6.07) is 10.9. The summed E-state index contributed by atoms with van der Waals surface area (Å²) in [5.41, 5.74) is 2.42. The molecule has 2 aromatic heterocycles. The highest BCUT2D eigenvalue weighted by Gasteiger charge is 2.10. The Morgan fingerprint density at radius 2 is 2.04 bits per heavy atom. The molecule has 0 fully saturated rings. The number of hydrogen-bond donors (Lipinski definition) is 1. The molecule has 0 aliphatic heterocycles. The number of aromatic nitrogens is 2. The number of nitrogens with one attached hydrogen (secondary N) is 1. The van der Waals surface area contributed by atoms with E-state index in [0.29, 0.717) is 28.0 Å². The van der Waals surface area contributed by atoms with Crippen molar-refractivity contribution in [1.82, 2.24) is 9.97 Å². The highest BCUT2D eigenvalue weighted by Crippen LogP contribution is 2.24. The van der Waals surface area contributed by atoms with Gasteiger partial charge in [-0.15, -0.1) is 11.3 Å². The maximum atomic E-state index is 12.1. The molecule has 0 bridgehead atoms. The first-order chi connectivity index (χ1) is 11.6. The Kier molecular flexibility index (Phi) is 5.45. The lowest BCUT2D eigenvalue weighted by Gasteiger charge is -2.05. The summed E-state index contributed by atoms with van der Waals surface area (Å²) in [4.78, 5) is 20.7. The van der Waals surface area contributed by atoms with Gasteiger partial charge < -0.3 is 5.32 Å². The molecule has 0 unspecified atom stereocenters. The summed E-state index contributed by atoms with van der Waals surface area (Å²) in [5.74, 6) is -0.108. The van der Waals surface area contributed by atoms with Crippen molar-refractivity contribution in [1.29, 1.82) is 0 Å². The minimum Gasteiger partial charge on any atom is -0.302 e. The molecule has 0 aliphatic carbocycles. The number of carbonyl (C=O) groups excluding carboxylic acids is 1. The van der Waals surface area contributed by atoms with Gasteiger partial charge in [0, 0.05) is 28.0 Å². The van der Waals surface area contributed by atoms with Gasteiger partial charge in [-0.2, -0.15) is 0 Å². The highest BCUT2D eigenvalue weighted by molar-refractivity contribution is 7.14. The van der Waals surface area contributed by atoms with E-state index in [1.165, 1.54) is 11.3 Å². The normalized spacial score (nSPS) is 10.6. The largest absolute Gasteiger partial charge is 0.302 e. The van der Waals surface area contributed by atoms with Crippen molar-refractivity contribution in [3.8, 4) is 11.4 Å². The van der Waals surface area contributed by atoms with Crippen LogP contribution in [0.5, 0.6) is 0 Å². The van der Waals surface area contributed by atoms with Gasteiger partial charge in [-0.3, -0.25) is 9.78 Å². The van der Waals surface area contributed by atoms with Crippen LogP contribution in [-0.2, 0) is 11.2 Å². The molecule has 0 saturated heterocycles. The molecule has 0 spiro atoms. The maximum absolute atomic E-state index is 12.1. The Balaban J connectivity index is 1.58. The van der Waals surface area contributed by atoms with Crippen molar-refractivity contribution >= 4 is 45.6 Å². The van der Waals surface area contributed by atoms with Gasteiger partial charge in [-0.1, -0.05) is 35.3 Å². The molecule has 1 N–H and O–H groups in total. The molecule has 0 saturated carbocycles. The van der Waals surface area contributed by atoms with E-state index in [0.717, 1.165) is 17.0 Å². The number of anilines is 1. The van der Waals surface area contributed by atoms with Gasteiger partial charge in [0.2, 0.25) is 5.91 Å². The van der Waals surface area contributed by atoms with Crippen molar-refractivity contribution in [3.05, 3.63) is 63.6 Å². The Morgan fingerprint density at radius 1 is 1.17 bits per heavy atom. The van der Waals surface area contributed by atoms with Crippen LogP contribution in [0.1, 0.15) is 12.0 Å². The molecule has 24 heavy (non-hydrogen) atoms. The van der Waals surface area contributed by atoms with Crippen LogP contribution in [0.25, 0.3) is 11.4 Å². The minimum atomic E-state index is -0.108. The van der Waals surface area contributed by atoms with Crippen LogP contribution in [0.3, 0.4) is 0 Å². The first kappa shape index (κ1) is 16.9. The molecule has 7 heteroatoms. The zero-order valence-corrected chi connectivity index (χ0v) is 14.8. The van der Waals surface area contributed by atoms with Crippen molar-refractivity contribution in [3.63, 3.8) is 0 Å². The number of thiazole rings is 1. The van der Waals surface area contributed by atoms with Crippen molar-refractivity contribution < 1.29 is 4.79 Å². The SMILES string of the molecule is O=C(CCc1ccc(Cl)cc1Cl)Nc1nc(-c2ccccn2)cs1. The van der Waals surface area contributed by atoms with Crippen LogP contribution in [0.2, 0.25) is 10.0 Å². The van der Waals surface area contributed by atoms with Crippen molar-refractivity contribution in [2.75, 3.05) is 5.32 Å². The number of rotatable bonds is 5. The predicted octanol–water partition coefficient (Wildman–Crippen LogP) is 5.08. The lowest BCUT2D eigenvalue weighted by molar-refractivity contribution is -0.116. The summed E-state index contributed by atoms with van der Waals surface area (Å²) in [6.07, 6.45) is 2.57. The van der Waals surface area contributed by atoms with Gasteiger partial charge in [-0.25, -0.2) is 4.98 Å². The van der Waals surface area contributed by atoms with Crippen LogP contribution in [-0.4, -0.2) is 15.9 Å². The number of hydrogen-bond acceptors (Lipinski definition) is 4. The summed E-state index contributed by atoms with van der Waals surface area (Å²) >= 11 is 13.3. The fourth-order valence-electron chi connectivity index (χ4n) is 2.12. The summed E-state index contributed by atoms with van der Waals surface area (Å²) in [7, 11) is 0. The lowest BCUT2D eigenvalue weighted by atomic mass is 10.1. The van der Waals surface area contributed by atoms with Crippen LogP contribution in [0.4, 0.5) is 5.13 Å². The number of benzene rings is 1. The molecule has 122 valence electrons. The van der Waals surface area contributed by atoms with E-state index in [9.17, 15) is 4.79 Å². The smallest absolute Gasteiger partial charge is 0.226 e. The van der Waals surface area contributed by atoms with Crippen LogP contribution >= 0.6 is 34.5 Å².